The van der Waals surface area contributed by atoms with Gasteiger partial charge in [0.25, 0.3) is 5.91 Å². The Bertz CT molecular complexity index is 643. The summed E-state index contributed by atoms with van der Waals surface area (Å²) in [7, 11) is 1.59. The number of amides is 1. The molecule has 0 aliphatic carbocycles. The molecule has 4 nitrogen and oxygen atoms in total. The molecule has 0 saturated heterocycles. The van der Waals surface area contributed by atoms with E-state index in [-0.39, 0.29) is 5.91 Å². The van der Waals surface area contributed by atoms with E-state index in [1.807, 2.05) is 36.4 Å². The Labute approximate surface area is 141 Å². The van der Waals surface area contributed by atoms with Crippen molar-refractivity contribution >= 4 is 17.5 Å². The van der Waals surface area contributed by atoms with Gasteiger partial charge in [-0.05, 0) is 43.2 Å². The Morgan fingerprint density at radius 3 is 2.57 bits per heavy atom. The molecule has 0 aliphatic rings. The number of halogens is 1. The van der Waals surface area contributed by atoms with Crippen LogP contribution >= 0.6 is 11.6 Å². The lowest BCUT2D eigenvalue weighted by molar-refractivity contribution is -0.127. The van der Waals surface area contributed by atoms with E-state index in [1.54, 1.807) is 26.2 Å². The number of benzene rings is 2. The molecule has 2 aromatic carbocycles. The largest absolute Gasteiger partial charge is 0.497 e. The molecule has 122 valence electrons. The van der Waals surface area contributed by atoms with Gasteiger partial charge in [0.1, 0.15) is 11.5 Å². The first-order valence-electron chi connectivity index (χ1n) is 7.41. The summed E-state index contributed by atoms with van der Waals surface area (Å²) >= 11 is 5.84. The first-order chi connectivity index (χ1) is 11.1. The van der Waals surface area contributed by atoms with Crippen LogP contribution in [0, 0.1) is 0 Å². The maximum Gasteiger partial charge on any atom is 0.260 e. The molecule has 0 saturated carbocycles. The Morgan fingerprint density at radius 2 is 1.87 bits per heavy atom. The molecule has 0 spiro atoms. The Hall–Kier alpha value is -2.20. The summed E-state index contributed by atoms with van der Waals surface area (Å²) in [6, 6.07) is 14.8. The summed E-state index contributed by atoms with van der Waals surface area (Å²) in [5, 5.41) is 3.57. The SMILES string of the molecule is COc1cccc(O[C@H](C)C(=O)NCCc2ccc(Cl)cc2)c1. The van der Waals surface area contributed by atoms with Crippen molar-refractivity contribution in [2.75, 3.05) is 13.7 Å². The minimum absolute atomic E-state index is 0.151. The Kier molecular flexibility index (Phi) is 6.29. The topological polar surface area (TPSA) is 47.6 Å². The van der Waals surface area contributed by atoms with Crippen LogP contribution in [0.3, 0.4) is 0 Å². The number of methoxy groups -OCH3 is 1. The molecule has 23 heavy (non-hydrogen) atoms. The number of nitrogens with one attached hydrogen (secondary N) is 1. The zero-order valence-corrected chi connectivity index (χ0v) is 14.0. The molecule has 2 aromatic rings. The van der Waals surface area contributed by atoms with Crippen molar-refractivity contribution in [1.29, 1.82) is 0 Å². The van der Waals surface area contributed by atoms with Crippen LogP contribution in [0.1, 0.15) is 12.5 Å². The van der Waals surface area contributed by atoms with E-state index in [4.69, 9.17) is 21.1 Å². The third-order valence-corrected chi connectivity index (χ3v) is 3.60. The van der Waals surface area contributed by atoms with Gasteiger partial charge in [-0.1, -0.05) is 29.8 Å². The number of ether oxygens (including phenoxy) is 2. The van der Waals surface area contributed by atoms with Gasteiger partial charge in [0.15, 0.2) is 6.10 Å². The van der Waals surface area contributed by atoms with E-state index < -0.39 is 6.10 Å². The molecular weight excluding hydrogens is 314 g/mol. The highest BCUT2D eigenvalue weighted by molar-refractivity contribution is 6.30. The van der Waals surface area contributed by atoms with Crippen molar-refractivity contribution in [1.82, 2.24) is 5.32 Å². The van der Waals surface area contributed by atoms with Crippen LogP contribution in [0.5, 0.6) is 11.5 Å². The predicted octanol–water partition coefficient (Wildman–Crippen LogP) is 3.47. The summed E-state index contributed by atoms with van der Waals surface area (Å²) in [4.78, 5) is 12.1. The van der Waals surface area contributed by atoms with Crippen LogP contribution in [-0.4, -0.2) is 25.7 Å². The smallest absolute Gasteiger partial charge is 0.260 e. The molecular formula is C18H20ClNO3. The molecule has 0 heterocycles. The summed E-state index contributed by atoms with van der Waals surface area (Å²) in [5.74, 6) is 1.14. The third-order valence-electron chi connectivity index (χ3n) is 3.35. The second kappa shape index (κ2) is 8.44. The van der Waals surface area contributed by atoms with Crippen molar-refractivity contribution in [3.63, 3.8) is 0 Å². The van der Waals surface area contributed by atoms with Crippen LogP contribution in [0.15, 0.2) is 48.5 Å². The zero-order valence-electron chi connectivity index (χ0n) is 13.2. The first kappa shape index (κ1) is 17.2. The Morgan fingerprint density at radius 1 is 1.17 bits per heavy atom. The molecule has 0 aromatic heterocycles. The van der Waals surface area contributed by atoms with Gasteiger partial charge in [-0.25, -0.2) is 0 Å². The molecule has 0 radical (unpaired) electrons. The lowest BCUT2D eigenvalue weighted by Gasteiger charge is -2.15. The lowest BCUT2D eigenvalue weighted by atomic mass is 10.1. The highest BCUT2D eigenvalue weighted by atomic mass is 35.5. The maximum atomic E-state index is 12.1. The quantitative estimate of drug-likeness (QED) is 0.844. The number of rotatable bonds is 7. The predicted molar refractivity (Wildman–Crippen MR) is 91.2 cm³/mol. The average Bonchev–Trinajstić information content (AvgIpc) is 2.56. The van der Waals surface area contributed by atoms with Crippen LogP contribution in [0.2, 0.25) is 5.02 Å². The highest BCUT2D eigenvalue weighted by Crippen LogP contribution is 2.19. The van der Waals surface area contributed by atoms with Gasteiger partial charge in [0.2, 0.25) is 0 Å². The average molecular weight is 334 g/mol. The number of carbonyl (C=O) groups is 1. The van der Waals surface area contributed by atoms with Crippen LogP contribution in [-0.2, 0) is 11.2 Å². The van der Waals surface area contributed by atoms with Crippen LogP contribution in [0.25, 0.3) is 0 Å². The molecule has 2 rings (SSSR count). The van der Waals surface area contributed by atoms with E-state index in [1.165, 1.54) is 0 Å². The summed E-state index contributed by atoms with van der Waals surface area (Å²) in [5.41, 5.74) is 1.12. The molecule has 5 heteroatoms. The van der Waals surface area contributed by atoms with Gasteiger partial charge in [-0.3, -0.25) is 4.79 Å². The molecule has 0 unspecified atom stereocenters. The summed E-state index contributed by atoms with van der Waals surface area (Å²) in [6.45, 7) is 2.27. The van der Waals surface area contributed by atoms with Gasteiger partial charge >= 0.3 is 0 Å². The van der Waals surface area contributed by atoms with Crippen molar-refractivity contribution in [3.8, 4) is 11.5 Å². The van der Waals surface area contributed by atoms with Gasteiger partial charge < -0.3 is 14.8 Å². The second-order valence-corrected chi connectivity index (χ2v) is 5.54. The minimum Gasteiger partial charge on any atom is -0.497 e. The molecule has 1 N–H and O–H groups in total. The van der Waals surface area contributed by atoms with Gasteiger partial charge in [0, 0.05) is 17.6 Å². The van der Waals surface area contributed by atoms with Gasteiger partial charge in [-0.15, -0.1) is 0 Å². The fourth-order valence-electron chi connectivity index (χ4n) is 2.06. The third kappa shape index (κ3) is 5.49. The maximum absolute atomic E-state index is 12.1. The van der Waals surface area contributed by atoms with E-state index in [2.05, 4.69) is 5.32 Å². The van der Waals surface area contributed by atoms with E-state index >= 15 is 0 Å². The molecule has 0 aliphatic heterocycles. The summed E-state index contributed by atoms with van der Waals surface area (Å²) < 4.78 is 10.8. The van der Waals surface area contributed by atoms with Crippen molar-refractivity contribution in [3.05, 3.63) is 59.1 Å². The standard InChI is InChI=1S/C18H20ClNO3/c1-13(23-17-5-3-4-16(12-17)22-2)18(21)20-11-10-14-6-8-15(19)9-7-14/h3-9,12-13H,10-11H2,1-2H3,(H,20,21)/t13-/m1/s1. The fourth-order valence-corrected chi connectivity index (χ4v) is 2.18. The van der Waals surface area contributed by atoms with E-state index in [0.29, 0.717) is 23.1 Å². The molecule has 1 atom stereocenters. The van der Waals surface area contributed by atoms with Crippen molar-refractivity contribution in [2.24, 2.45) is 0 Å². The summed E-state index contributed by atoms with van der Waals surface area (Å²) in [6.07, 6.45) is 0.168. The molecule has 0 bridgehead atoms. The molecule has 1 amide bonds. The van der Waals surface area contributed by atoms with Crippen molar-refractivity contribution < 1.29 is 14.3 Å². The number of hydrogen-bond donors (Lipinski definition) is 1. The lowest BCUT2D eigenvalue weighted by Crippen LogP contribution is -2.37. The van der Waals surface area contributed by atoms with Gasteiger partial charge in [0.05, 0.1) is 7.11 Å². The molecule has 0 fully saturated rings. The van der Waals surface area contributed by atoms with E-state index in [9.17, 15) is 4.79 Å². The minimum atomic E-state index is -0.577. The van der Waals surface area contributed by atoms with Crippen LogP contribution in [0.4, 0.5) is 0 Å². The zero-order chi connectivity index (χ0) is 16.7. The highest BCUT2D eigenvalue weighted by Gasteiger charge is 2.14. The monoisotopic (exact) mass is 333 g/mol. The number of hydrogen-bond acceptors (Lipinski definition) is 3. The second-order valence-electron chi connectivity index (χ2n) is 5.11. The first-order valence-corrected chi connectivity index (χ1v) is 7.79. The van der Waals surface area contributed by atoms with Crippen molar-refractivity contribution in [2.45, 2.75) is 19.4 Å². The normalized spacial score (nSPS) is 11.6. The van der Waals surface area contributed by atoms with E-state index in [0.717, 1.165) is 12.0 Å². The number of carbonyl (C=O) groups excluding carboxylic acids is 1. The van der Waals surface area contributed by atoms with Crippen LogP contribution < -0.4 is 14.8 Å². The fraction of sp³-hybridized carbons (Fsp3) is 0.278. The Balaban J connectivity index is 1.79. The van der Waals surface area contributed by atoms with Gasteiger partial charge in [-0.2, -0.15) is 0 Å².